The summed E-state index contributed by atoms with van der Waals surface area (Å²) in [5.74, 6) is 0.489. The number of hydrogen-bond acceptors (Lipinski definition) is 3. The average Bonchev–Trinajstić information content (AvgIpc) is 3.55. The fraction of sp³-hybridized carbons (Fsp3) is 0.321. The van der Waals surface area contributed by atoms with E-state index in [0.717, 1.165) is 69.3 Å². The van der Waals surface area contributed by atoms with Crippen LogP contribution >= 0.6 is 0 Å². The number of anilines is 1. The molecule has 2 aromatic carbocycles. The Balaban J connectivity index is 1.43. The summed E-state index contributed by atoms with van der Waals surface area (Å²) in [7, 11) is 0. The standard InChI is InChI=1S/C28H27N3O2/c1-28(2)14-22-25(23(32)15-28)24-19-5-3-4-6-20(19)31-26(24)21(30-22)13-16-7-11-18(12-8-16)29-27(33)17-9-10-17/h3-8,11-12,17,31H,9-10,13-15H2,1-2H3,(H,29,33). The minimum absolute atomic E-state index is 0.0877. The predicted octanol–water partition coefficient (Wildman–Crippen LogP) is 5.81. The Bertz CT molecular complexity index is 1430. The van der Waals surface area contributed by atoms with Crippen molar-refractivity contribution in [3.8, 4) is 0 Å². The quantitative estimate of drug-likeness (QED) is 0.423. The van der Waals surface area contributed by atoms with E-state index in [2.05, 4.69) is 36.3 Å². The highest BCUT2D eigenvalue weighted by molar-refractivity contribution is 6.19. The van der Waals surface area contributed by atoms with Gasteiger partial charge in [0, 0.05) is 46.3 Å². The van der Waals surface area contributed by atoms with Crippen LogP contribution in [0.5, 0.6) is 0 Å². The number of amides is 1. The highest BCUT2D eigenvalue weighted by Gasteiger charge is 2.35. The molecule has 1 fully saturated rings. The average molecular weight is 438 g/mol. The molecule has 0 bridgehead atoms. The first-order chi connectivity index (χ1) is 15.9. The third-order valence-electron chi connectivity index (χ3n) is 6.91. The zero-order valence-corrected chi connectivity index (χ0v) is 19.0. The van der Waals surface area contributed by atoms with Gasteiger partial charge < -0.3 is 10.3 Å². The zero-order valence-electron chi connectivity index (χ0n) is 19.0. The number of aromatic nitrogens is 2. The maximum absolute atomic E-state index is 13.2. The van der Waals surface area contributed by atoms with Gasteiger partial charge in [-0.05, 0) is 48.4 Å². The van der Waals surface area contributed by atoms with E-state index in [1.54, 1.807) is 0 Å². The van der Waals surface area contributed by atoms with Crippen LogP contribution in [-0.2, 0) is 17.6 Å². The van der Waals surface area contributed by atoms with Gasteiger partial charge >= 0.3 is 0 Å². The van der Waals surface area contributed by atoms with Crippen LogP contribution in [0.25, 0.3) is 21.8 Å². The SMILES string of the molecule is CC1(C)CC(=O)c2c(nc(Cc3ccc(NC(=O)C4CC4)cc3)c3[nH]c4ccccc4c23)C1. The number of rotatable bonds is 4. The van der Waals surface area contributed by atoms with Crippen molar-refractivity contribution < 1.29 is 9.59 Å². The maximum Gasteiger partial charge on any atom is 0.227 e. The fourth-order valence-corrected chi connectivity index (χ4v) is 5.12. The number of nitrogens with one attached hydrogen (secondary N) is 2. The van der Waals surface area contributed by atoms with Gasteiger partial charge in [-0.15, -0.1) is 0 Å². The van der Waals surface area contributed by atoms with Gasteiger partial charge in [-0.1, -0.05) is 44.2 Å². The number of ketones is 1. The van der Waals surface area contributed by atoms with E-state index in [-0.39, 0.29) is 23.0 Å². The third-order valence-corrected chi connectivity index (χ3v) is 6.91. The predicted molar refractivity (Wildman–Crippen MR) is 131 cm³/mol. The molecule has 0 unspecified atom stereocenters. The Morgan fingerprint density at radius 2 is 1.85 bits per heavy atom. The Hall–Kier alpha value is -3.47. The number of carbonyl (C=O) groups excluding carboxylic acids is 2. The number of benzene rings is 2. The van der Waals surface area contributed by atoms with Crippen LogP contribution in [0, 0.1) is 11.3 Å². The van der Waals surface area contributed by atoms with Crippen molar-refractivity contribution in [3.63, 3.8) is 0 Å². The van der Waals surface area contributed by atoms with Gasteiger partial charge in [0.1, 0.15) is 0 Å². The number of H-pyrrole nitrogens is 1. The lowest BCUT2D eigenvalue weighted by Crippen LogP contribution is -2.28. The first kappa shape index (κ1) is 20.2. The molecule has 33 heavy (non-hydrogen) atoms. The van der Waals surface area contributed by atoms with Crippen molar-refractivity contribution in [1.82, 2.24) is 9.97 Å². The van der Waals surface area contributed by atoms with Crippen LogP contribution in [0.1, 0.15) is 60.4 Å². The normalized spacial score (nSPS) is 17.3. The summed E-state index contributed by atoms with van der Waals surface area (Å²) in [5.41, 5.74) is 6.51. The number of carbonyl (C=O) groups is 2. The number of nitrogens with zero attached hydrogens (tertiary/aromatic N) is 1. The minimum Gasteiger partial charge on any atom is -0.353 e. The van der Waals surface area contributed by atoms with Gasteiger partial charge in [-0.25, -0.2) is 0 Å². The van der Waals surface area contributed by atoms with Gasteiger partial charge in [-0.3, -0.25) is 14.6 Å². The van der Waals surface area contributed by atoms with Crippen molar-refractivity contribution in [1.29, 1.82) is 0 Å². The van der Waals surface area contributed by atoms with Gasteiger partial charge in [-0.2, -0.15) is 0 Å². The van der Waals surface area contributed by atoms with Gasteiger partial charge in [0.2, 0.25) is 5.91 Å². The Labute approximate surface area is 192 Å². The van der Waals surface area contributed by atoms with Crippen LogP contribution in [0.3, 0.4) is 0 Å². The molecule has 0 atom stereocenters. The molecular formula is C28H27N3O2. The van der Waals surface area contributed by atoms with E-state index >= 15 is 0 Å². The molecule has 2 aliphatic rings. The van der Waals surface area contributed by atoms with E-state index < -0.39 is 0 Å². The van der Waals surface area contributed by atoms with E-state index in [4.69, 9.17) is 4.98 Å². The summed E-state index contributed by atoms with van der Waals surface area (Å²) in [6.45, 7) is 4.28. The molecule has 4 aromatic rings. The molecule has 166 valence electrons. The summed E-state index contributed by atoms with van der Waals surface area (Å²) in [4.78, 5) is 33.9. The van der Waals surface area contributed by atoms with Crippen LogP contribution in [-0.4, -0.2) is 21.7 Å². The number of fused-ring (bicyclic) bond motifs is 5. The fourth-order valence-electron chi connectivity index (χ4n) is 5.12. The largest absolute Gasteiger partial charge is 0.353 e. The molecule has 1 saturated carbocycles. The van der Waals surface area contributed by atoms with Gasteiger partial charge in [0.05, 0.1) is 16.9 Å². The van der Waals surface area contributed by atoms with Crippen LogP contribution in [0.15, 0.2) is 48.5 Å². The van der Waals surface area contributed by atoms with Crippen molar-refractivity contribution in [2.45, 2.75) is 46.0 Å². The topological polar surface area (TPSA) is 74.8 Å². The zero-order chi connectivity index (χ0) is 22.7. The van der Waals surface area contributed by atoms with E-state index in [0.29, 0.717) is 12.8 Å². The summed E-state index contributed by atoms with van der Waals surface area (Å²) < 4.78 is 0. The molecule has 2 N–H and O–H groups in total. The highest BCUT2D eigenvalue weighted by atomic mass is 16.2. The number of pyridine rings is 1. The maximum atomic E-state index is 13.2. The molecule has 6 rings (SSSR count). The van der Waals surface area contributed by atoms with Crippen molar-refractivity contribution in [3.05, 3.63) is 71.0 Å². The van der Waals surface area contributed by atoms with Crippen molar-refractivity contribution in [2.75, 3.05) is 5.32 Å². The molecule has 2 aromatic heterocycles. The smallest absolute Gasteiger partial charge is 0.227 e. The van der Waals surface area contributed by atoms with Crippen LogP contribution in [0.2, 0.25) is 0 Å². The summed E-state index contributed by atoms with van der Waals surface area (Å²) >= 11 is 0. The molecular weight excluding hydrogens is 410 g/mol. The molecule has 5 heteroatoms. The van der Waals surface area contributed by atoms with Crippen molar-refractivity contribution >= 4 is 39.2 Å². The van der Waals surface area contributed by atoms with E-state index in [1.165, 1.54) is 0 Å². The van der Waals surface area contributed by atoms with Gasteiger partial charge in [0.15, 0.2) is 5.78 Å². The van der Waals surface area contributed by atoms with Crippen molar-refractivity contribution in [2.24, 2.45) is 11.3 Å². The molecule has 0 aliphatic heterocycles. The second-order valence-electron chi connectivity index (χ2n) is 10.4. The molecule has 5 nitrogen and oxygen atoms in total. The third kappa shape index (κ3) is 3.62. The molecule has 0 saturated heterocycles. The minimum atomic E-state index is -0.0877. The van der Waals surface area contributed by atoms with E-state index in [1.807, 2.05) is 36.4 Å². The lowest BCUT2D eigenvalue weighted by Gasteiger charge is -2.30. The second-order valence-corrected chi connectivity index (χ2v) is 10.4. The number of para-hydroxylation sites is 1. The summed E-state index contributed by atoms with van der Waals surface area (Å²) in [6.07, 6.45) is 3.98. The molecule has 1 amide bonds. The molecule has 2 heterocycles. The number of Topliss-reactive ketones (excluding diaryl/α,β-unsaturated/α-hetero) is 1. The first-order valence-electron chi connectivity index (χ1n) is 11.7. The lowest BCUT2D eigenvalue weighted by molar-refractivity contribution is -0.117. The molecule has 0 spiro atoms. The number of aromatic amines is 1. The molecule has 0 radical (unpaired) electrons. The van der Waals surface area contributed by atoms with Crippen LogP contribution in [0.4, 0.5) is 5.69 Å². The Morgan fingerprint density at radius 3 is 2.61 bits per heavy atom. The van der Waals surface area contributed by atoms with Crippen LogP contribution < -0.4 is 5.32 Å². The first-order valence-corrected chi connectivity index (χ1v) is 11.7. The Morgan fingerprint density at radius 1 is 1.09 bits per heavy atom. The summed E-state index contributed by atoms with van der Waals surface area (Å²) in [5, 5.41) is 5.09. The second kappa shape index (κ2) is 7.27. The number of hydrogen-bond donors (Lipinski definition) is 2. The summed E-state index contributed by atoms with van der Waals surface area (Å²) in [6, 6.07) is 16.2. The van der Waals surface area contributed by atoms with E-state index in [9.17, 15) is 9.59 Å². The highest BCUT2D eigenvalue weighted by Crippen LogP contribution is 2.40. The lowest BCUT2D eigenvalue weighted by atomic mass is 9.74. The monoisotopic (exact) mass is 437 g/mol. The van der Waals surface area contributed by atoms with Gasteiger partial charge in [0.25, 0.3) is 0 Å². The Kier molecular flexibility index (Phi) is 4.44. The molecule has 2 aliphatic carbocycles.